The summed E-state index contributed by atoms with van der Waals surface area (Å²) in [7, 11) is 3.86. The van der Waals surface area contributed by atoms with Gasteiger partial charge >= 0.3 is 0 Å². The molecule has 0 saturated carbocycles. The molecule has 1 rings (SSSR count). The molecule has 0 saturated heterocycles. The van der Waals surface area contributed by atoms with Crippen LogP contribution in [-0.2, 0) is 0 Å². The van der Waals surface area contributed by atoms with Gasteiger partial charge in [0.1, 0.15) is 11.0 Å². The standard InChI is InChI=1S/C10H16ClN3/c1-4-8(12)7-5-6-9(14(2)3)13-10(7)11/h5-6,8H,4,12H2,1-3H3/t8-/m1/s1. The smallest absolute Gasteiger partial charge is 0.136 e. The van der Waals surface area contributed by atoms with Crippen molar-refractivity contribution in [2.75, 3.05) is 19.0 Å². The van der Waals surface area contributed by atoms with Crippen LogP contribution in [0.25, 0.3) is 0 Å². The lowest BCUT2D eigenvalue weighted by atomic mass is 10.1. The van der Waals surface area contributed by atoms with Gasteiger partial charge in [0.15, 0.2) is 0 Å². The van der Waals surface area contributed by atoms with Crippen molar-refractivity contribution in [1.82, 2.24) is 4.98 Å². The number of hydrogen-bond donors (Lipinski definition) is 1. The van der Waals surface area contributed by atoms with Crippen LogP contribution >= 0.6 is 11.6 Å². The summed E-state index contributed by atoms with van der Waals surface area (Å²) < 4.78 is 0. The average Bonchev–Trinajstić information content (AvgIpc) is 2.16. The second-order valence-electron chi connectivity index (χ2n) is 3.46. The van der Waals surface area contributed by atoms with Gasteiger partial charge in [0, 0.05) is 25.7 Å². The number of nitrogens with zero attached hydrogens (tertiary/aromatic N) is 2. The van der Waals surface area contributed by atoms with E-state index < -0.39 is 0 Å². The summed E-state index contributed by atoms with van der Waals surface area (Å²) in [4.78, 5) is 6.16. The van der Waals surface area contributed by atoms with Gasteiger partial charge in [-0.15, -0.1) is 0 Å². The predicted octanol–water partition coefficient (Wildman–Crippen LogP) is 2.21. The molecule has 0 amide bonds. The molecule has 2 N–H and O–H groups in total. The molecule has 0 unspecified atom stereocenters. The molecule has 0 aliphatic carbocycles. The summed E-state index contributed by atoms with van der Waals surface area (Å²) in [5.74, 6) is 0.849. The third-order valence-electron chi connectivity index (χ3n) is 2.16. The summed E-state index contributed by atoms with van der Waals surface area (Å²) in [6.07, 6.45) is 0.864. The molecule has 14 heavy (non-hydrogen) atoms. The van der Waals surface area contributed by atoms with Crippen molar-refractivity contribution in [3.05, 3.63) is 22.8 Å². The van der Waals surface area contributed by atoms with Gasteiger partial charge in [-0.25, -0.2) is 4.98 Å². The van der Waals surface area contributed by atoms with Crippen LogP contribution in [0.4, 0.5) is 5.82 Å². The minimum Gasteiger partial charge on any atom is -0.363 e. The van der Waals surface area contributed by atoms with Gasteiger partial charge in [-0.1, -0.05) is 24.6 Å². The minimum absolute atomic E-state index is 0.0220. The van der Waals surface area contributed by atoms with E-state index in [2.05, 4.69) is 4.98 Å². The van der Waals surface area contributed by atoms with Crippen molar-refractivity contribution >= 4 is 17.4 Å². The van der Waals surface area contributed by atoms with E-state index in [1.54, 1.807) is 0 Å². The van der Waals surface area contributed by atoms with Crippen molar-refractivity contribution < 1.29 is 0 Å². The number of anilines is 1. The number of halogens is 1. The Hall–Kier alpha value is -0.800. The van der Waals surface area contributed by atoms with Crippen LogP contribution in [0, 0.1) is 0 Å². The Morgan fingerprint density at radius 3 is 2.57 bits per heavy atom. The number of pyridine rings is 1. The second-order valence-corrected chi connectivity index (χ2v) is 3.82. The molecule has 1 aromatic heterocycles. The van der Waals surface area contributed by atoms with E-state index in [4.69, 9.17) is 17.3 Å². The number of nitrogens with two attached hydrogens (primary N) is 1. The van der Waals surface area contributed by atoms with Crippen LogP contribution < -0.4 is 10.6 Å². The normalized spacial score (nSPS) is 12.6. The first-order valence-corrected chi connectivity index (χ1v) is 5.03. The van der Waals surface area contributed by atoms with E-state index >= 15 is 0 Å². The molecule has 0 aromatic carbocycles. The lowest BCUT2D eigenvalue weighted by Crippen LogP contribution is -2.13. The fourth-order valence-corrected chi connectivity index (χ4v) is 1.47. The Balaban J connectivity index is 3.01. The highest BCUT2D eigenvalue weighted by Crippen LogP contribution is 2.24. The second kappa shape index (κ2) is 4.62. The quantitative estimate of drug-likeness (QED) is 0.783. The van der Waals surface area contributed by atoms with Gasteiger partial charge < -0.3 is 10.6 Å². The average molecular weight is 214 g/mol. The number of aromatic nitrogens is 1. The van der Waals surface area contributed by atoms with Gasteiger partial charge in [-0.3, -0.25) is 0 Å². The SMILES string of the molecule is CC[C@@H](N)c1ccc(N(C)C)nc1Cl. The van der Waals surface area contributed by atoms with Gasteiger partial charge in [0.25, 0.3) is 0 Å². The van der Waals surface area contributed by atoms with Crippen LogP contribution in [-0.4, -0.2) is 19.1 Å². The summed E-state index contributed by atoms with van der Waals surface area (Å²) >= 11 is 6.03. The molecule has 0 aliphatic rings. The van der Waals surface area contributed by atoms with Crippen molar-refractivity contribution in [3.8, 4) is 0 Å². The van der Waals surface area contributed by atoms with Crippen LogP contribution in [0.1, 0.15) is 24.9 Å². The maximum absolute atomic E-state index is 6.03. The number of hydrogen-bond acceptors (Lipinski definition) is 3. The topological polar surface area (TPSA) is 42.1 Å². The molecular formula is C10H16ClN3. The first kappa shape index (κ1) is 11.3. The molecule has 3 nitrogen and oxygen atoms in total. The Labute approximate surface area is 89.9 Å². The molecule has 78 valence electrons. The summed E-state index contributed by atoms with van der Waals surface area (Å²) in [5.41, 5.74) is 6.80. The van der Waals surface area contributed by atoms with Crippen LogP contribution in [0.15, 0.2) is 12.1 Å². The summed E-state index contributed by atoms with van der Waals surface area (Å²) in [6, 6.07) is 3.85. The van der Waals surface area contributed by atoms with E-state index in [-0.39, 0.29) is 6.04 Å². The highest BCUT2D eigenvalue weighted by Gasteiger charge is 2.10. The third-order valence-corrected chi connectivity index (χ3v) is 2.46. The first-order valence-electron chi connectivity index (χ1n) is 4.65. The Morgan fingerprint density at radius 2 is 2.14 bits per heavy atom. The molecular weight excluding hydrogens is 198 g/mol. The van der Waals surface area contributed by atoms with Crippen LogP contribution in [0.2, 0.25) is 5.15 Å². The molecule has 1 atom stereocenters. The Kier molecular flexibility index (Phi) is 3.72. The molecule has 1 heterocycles. The van der Waals surface area contributed by atoms with Gasteiger partial charge in [-0.05, 0) is 12.5 Å². The molecule has 0 aliphatic heterocycles. The molecule has 0 fully saturated rings. The Bertz CT molecular complexity index is 312. The molecule has 4 heteroatoms. The largest absolute Gasteiger partial charge is 0.363 e. The maximum Gasteiger partial charge on any atom is 0.136 e. The fourth-order valence-electron chi connectivity index (χ4n) is 1.18. The van der Waals surface area contributed by atoms with Crippen molar-refractivity contribution in [3.63, 3.8) is 0 Å². The highest BCUT2D eigenvalue weighted by molar-refractivity contribution is 6.30. The van der Waals surface area contributed by atoms with E-state index in [1.165, 1.54) is 0 Å². The first-order chi connectivity index (χ1) is 6.56. The fraction of sp³-hybridized carbons (Fsp3) is 0.500. The van der Waals surface area contributed by atoms with E-state index in [0.717, 1.165) is 17.8 Å². The van der Waals surface area contributed by atoms with Gasteiger partial charge in [0.2, 0.25) is 0 Å². The zero-order valence-electron chi connectivity index (χ0n) is 8.79. The zero-order valence-corrected chi connectivity index (χ0v) is 9.54. The lowest BCUT2D eigenvalue weighted by Gasteiger charge is -2.15. The van der Waals surface area contributed by atoms with Gasteiger partial charge in [-0.2, -0.15) is 0 Å². The third kappa shape index (κ3) is 2.36. The highest BCUT2D eigenvalue weighted by atomic mass is 35.5. The van der Waals surface area contributed by atoms with Crippen molar-refractivity contribution in [1.29, 1.82) is 0 Å². The molecule has 0 bridgehead atoms. The van der Waals surface area contributed by atoms with Crippen LogP contribution in [0.5, 0.6) is 0 Å². The predicted molar refractivity (Wildman–Crippen MR) is 60.8 cm³/mol. The van der Waals surface area contributed by atoms with Crippen molar-refractivity contribution in [2.45, 2.75) is 19.4 Å². The van der Waals surface area contributed by atoms with E-state index in [1.807, 2.05) is 38.1 Å². The zero-order chi connectivity index (χ0) is 10.7. The monoisotopic (exact) mass is 213 g/mol. The van der Waals surface area contributed by atoms with Crippen LogP contribution in [0.3, 0.4) is 0 Å². The molecule has 1 aromatic rings. The summed E-state index contributed by atoms with van der Waals surface area (Å²) in [5, 5.41) is 0.505. The van der Waals surface area contributed by atoms with E-state index in [0.29, 0.717) is 5.15 Å². The lowest BCUT2D eigenvalue weighted by molar-refractivity contribution is 0.695. The summed E-state index contributed by atoms with van der Waals surface area (Å²) in [6.45, 7) is 2.03. The van der Waals surface area contributed by atoms with Gasteiger partial charge in [0.05, 0.1) is 0 Å². The minimum atomic E-state index is -0.0220. The molecule has 0 spiro atoms. The maximum atomic E-state index is 6.03. The van der Waals surface area contributed by atoms with Crippen molar-refractivity contribution in [2.24, 2.45) is 5.73 Å². The van der Waals surface area contributed by atoms with E-state index in [9.17, 15) is 0 Å². The molecule has 0 radical (unpaired) electrons. The number of rotatable bonds is 3. The Morgan fingerprint density at radius 1 is 1.50 bits per heavy atom.